The molecular formula is C9H8BrClN2. The summed E-state index contributed by atoms with van der Waals surface area (Å²) in [6, 6.07) is 5.96. The topological polar surface area (TPSA) is 17.8 Å². The van der Waals surface area contributed by atoms with Crippen LogP contribution in [-0.2, 0) is 6.54 Å². The average Bonchev–Trinajstić information content (AvgIpc) is 2.43. The molecular weight excluding hydrogens is 251 g/mol. The highest BCUT2D eigenvalue weighted by Crippen LogP contribution is 2.25. The minimum Gasteiger partial charge on any atom is -0.315 e. The summed E-state index contributed by atoms with van der Waals surface area (Å²) in [5.74, 6) is 0. The van der Waals surface area contributed by atoms with Gasteiger partial charge in [-0.3, -0.25) is 0 Å². The van der Waals surface area contributed by atoms with E-state index in [9.17, 15) is 0 Å². The molecule has 2 rings (SSSR count). The molecule has 0 aliphatic carbocycles. The van der Waals surface area contributed by atoms with Gasteiger partial charge in [-0.15, -0.1) is 0 Å². The number of hydrogen-bond donors (Lipinski definition) is 0. The molecule has 13 heavy (non-hydrogen) atoms. The van der Waals surface area contributed by atoms with Crippen LogP contribution in [0.15, 0.2) is 22.7 Å². The molecule has 1 aromatic carbocycles. The molecule has 1 aromatic heterocycles. The van der Waals surface area contributed by atoms with Crippen molar-refractivity contribution in [3.05, 3.63) is 28.0 Å². The van der Waals surface area contributed by atoms with Crippen LogP contribution in [0, 0.1) is 0 Å². The number of para-hydroxylation sites is 1. The number of rotatable bonds is 1. The summed E-state index contributed by atoms with van der Waals surface area (Å²) in [7, 11) is 0. The number of fused-ring (bicyclic) bond motifs is 1. The number of nitrogens with zero attached hydrogens (tertiary/aromatic N) is 2. The summed E-state index contributed by atoms with van der Waals surface area (Å²) in [6.07, 6.45) is 0. The fourth-order valence-electron chi connectivity index (χ4n) is 1.39. The molecule has 0 aliphatic rings. The third-order valence-electron chi connectivity index (χ3n) is 2.00. The highest BCUT2D eigenvalue weighted by Gasteiger charge is 2.08. The minimum absolute atomic E-state index is 0.546. The van der Waals surface area contributed by atoms with Crippen molar-refractivity contribution in [3.63, 3.8) is 0 Å². The molecule has 0 atom stereocenters. The number of aryl methyl sites for hydroxylation is 1. The number of aromatic nitrogens is 2. The molecule has 0 N–H and O–H groups in total. The van der Waals surface area contributed by atoms with E-state index >= 15 is 0 Å². The van der Waals surface area contributed by atoms with Crippen LogP contribution in [0.1, 0.15) is 6.92 Å². The fourth-order valence-corrected chi connectivity index (χ4v) is 2.12. The SMILES string of the molecule is CCn1c(Cl)nc2c(Br)cccc21. The molecule has 0 unspecified atom stereocenters. The summed E-state index contributed by atoms with van der Waals surface area (Å²) < 4.78 is 2.96. The molecule has 1 heterocycles. The van der Waals surface area contributed by atoms with Crippen molar-refractivity contribution < 1.29 is 0 Å². The fraction of sp³-hybridized carbons (Fsp3) is 0.222. The van der Waals surface area contributed by atoms with Gasteiger partial charge in [-0.2, -0.15) is 0 Å². The van der Waals surface area contributed by atoms with Gasteiger partial charge in [0.15, 0.2) is 0 Å². The van der Waals surface area contributed by atoms with Crippen LogP contribution in [0.4, 0.5) is 0 Å². The lowest BCUT2D eigenvalue weighted by molar-refractivity contribution is 0.788. The Labute approximate surface area is 89.7 Å². The second-order valence-electron chi connectivity index (χ2n) is 2.73. The van der Waals surface area contributed by atoms with Crippen molar-refractivity contribution in [2.75, 3.05) is 0 Å². The molecule has 0 saturated carbocycles. The van der Waals surface area contributed by atoms with E-state index in [-0.39, 0.29) is 0 Å². The van der Waals surface area contributed by atoms with Crippen molar-refractivity contribution >= 4 is 38.6 Å². The normalized spacial score (nSPS) is 11.0. The molecule has 0 aliphatic heterocycles. The van der Waals surface area contributed by atoms with E-state index in [1.54, 1.807) is 0 Å². The zero-order valence-electron chi connectivity index (χ0n) is 7.09. The lowest BCUT2D eigenvalue weighted by Gasteiger charge is -1.99. The maximum absolute atomic E-state index is 5.97. The molecule has 0 saturated heterocycles. The largest absolute Gasteiger partial charge is 0.315 e. The third kappa shape index (κ3) is 1.36. The summed E-state index contributed by atoms with van der Waals surface area (Å²) in [5.41, 5.74) is 2.00. The van der Waals surface area contributed by atoms with Crippen LogP contribution < -0.4 is 0 Å². The molecule has 0 radical (unpaired) electrons. The van der Waals surface area contributed by atoms with Crippen LogP contribution in [-0.4, -0.2) is 9.55 Å². The number of benzene rings is 1. The first kappa shape index (κ1) is 9.03. The summed E-state index contributed by atoms with van der Waals surface area (Å²) in [4.78, 5) is 4.26. The Balaban J connectivity index is 2.86. The zero-order chi connectivity index (χ0) is 9.42. The van der Waals surface area contributed by atoms with Gasteiger partial charge in [-0.1, -0.05) is 6.07 Å². The monoisotopic (exact) mass is 258 g/mol. The zero-order valence-corrected chi connectivity index (χ0v) is 9.43. The van der Waals surface area contributed by atoms with Crippen LogP contribution in [0.5, 0.6) is 0 Å². The Kier molecular flexibility index (Phi) is 2.30. The number of imidazole rings is 1. The van der Waals surface area contributed by atoms with E-state index < -0.39 is 0 Å². The van der Waals surface area contributed by atoms with E-state index in [1.165, 1.54) is 0 Å². The summed E-state index contributed by atoms with van der Waals surface area (Å²) >= 11 is 9.41. The van der Waals surface area contributed by atoms with Crippen molar-refractivity contribution in [2.24, 2.45) is 0 Å². The van der Waals surface area contributed by atoms with E-state index in [0.717, 1.165) is 22.1 Å². The Hall–Kier alpha value is -0.540. The Morgan fingerprint density at radius 2 is 2.31 bits per heavy atom. The third-order valence-corrected chi connectivity index (χ3v) is 2.93. The predicted molar refractivity (Wildman–Crippen MR) is 58.1 cm³/mol. The first-order chi connectivity index (χ1) is 6.24. The molecule has 0 fully saturated rings. The Morgan fingerprint density at radius 1 is 1.54 bits per heavy atom. The van der Waals surface area contributed by atoms with E-state index in [0.29, 0.717) is 5.28 Å². The van der Waals surface area contributed by atoms with Gasteiger partial charge in [0.05, 0.1) is 5.52 Å². The van der Waals surface area contributed by atoms with Gasteiger partial charge in [-0.05, 0) is 46.6 Å². The van der Waals surface area contributed by atoms with Gasteiger partial charge in [0.1, 0.15) is 5.52 Å². The predicted octanol–water partition coefficient (Wildman–Crippen LogP) is 3.47. The van der Waals surface area contributed by atoms with Crippen LogP contribution in [0.25, 0.3) is 11.0 Å². The van der Waals surface area contributed by atoms with Gasteiger partial charge >= 0.3 is 0 Å². The Bertz CT molecular complexity index is 450. The van der Waals surface area contributed by atoms with Gasteiger partial charge in [0.2, 0.25) is 5.28 Å². The highest BCUT2D eigenvalue weighted by molar-refractivity contribution is 9.10. The van der Waals surface area contributed by atoms with Crippen molar-refractivity contribution in [2.45, 2.75) is 13.5 Å². The summed E-state index contributed by atoms with van der Waals surface area (Å²) in [5, 5.41) is 0.546. The van der Waals surface area contributed by atoms with Gasteiger partial charge < -0.3 is 4.57 Å². The molecule has 4 heteroatoms. The van der Waals surface area contributed by atoms with Crippen molar-refractivity contribution in [1.29, 1.82) is 0 Å². The van der Waals surface area contributed by atoms with Crippen molar-refractivity contribution in [3.8, 4) is 0 Å². The minimum atomic E-state index is 0.546. The smallest absolute Gasteiger partial charge is 0.203 e. The molecule has 0 spiro atoms. The first-order valence-corrected chi connectivity index (χ1v) is 5.21. The van der Waals surface area contributed by atoms with Gasteiger partial charge in [-0.25, -0.2) is 4.98 Å². The lowest BCUT2D eigenvalue weighted by Crippen LogP contribution is -1.92. The molecule has 0 bridgehead atoms. The maximum atomic E-state index is 5.97. The van der Waals surface area contributed by atoms with E-state index in [1.807, 2.05) is 29.7 Å². The Morgan fingerprint density at radius 3 is 3.00 bits per heavy atom. The van der Waals surface area contributed by atoms with Gasteiger partial charge in [0.25, 0.3) is 0 Å². The quantitative estimate of drug-likeness (QED) is 0.767. The molecule has 2 nitrogen and oxygen atoms in total. The van der Waals surface area contributed by atoms with Crippen LogP contribution >= 0.6 is 27.5 Å². The summed E-state index contributed by atoms with van der Waals surface area (Å²) in [6.45, 7) is 2.89. The second kappa shape index (κ2) is 3.31. The molecule has 0 amide bonds. The number of halogens is 2. The van der Waals surface area contributed by atoms with Crippen LogP contribution in [0.2, 0.25) is 5.28 Å². The first-order valence-electron chi connectivity index (χ1n) is 4.04. The number of hydrogen-bond acceptors (Lipinski definition) is 1. The average molecular weight is 260 g/mol. The van der Waals surface area contributed by atoms with E-state index in [2.05, 4.69) is 20.9 Å². The molecule has 68 valence electrons. The van der Waals surface area contributed by atoms with Crippen molar-refractivity contribution in [1.82, 2.24) is 9.55 Å². The lowest BCUT2D eigenvalue weighted by atomic mass is 10.3. The standard InChI is InChI=1S/C9H8BrClN2/c1-2-13-7-5-3-4-6(10)8(7)12-9(13)11/h3-5H,2H2,1H3. The maximum Gasteiger partial charge on any atom is 0.203 e. The van der Waals surface area contributed by atoms with Crippen LogP contribution in [0.3, 0.4) is 0 Å². The molecule has 2 aromatic rings. The second-order valence-corrected chi connectivity index (χ2v) is 3.93. The van der Waals surface area contributed by atoms with Gasteiger partial charge in [0, 0.05) is 11.0 Å². The highest BCUT2D eigenvalue weighted by atomic mass is 79.9. The van der Waals surface area contributed by atoms with E-state index in [4.69, 9.17) is 11.6 Å².